The molecule has 1 heterocycles. The van der Waals surface area contributed by atoms with Crippen LogP contribution in [0.25, 0.3) is 0 Å². The summed E-state index contributed by atoms with van der Waals surface area (Å²) in [6.07, 6.45) is 3.10. The Labute approximate surface area is 112 Å². The number of amides is 2. The summed E-state index contributed by atoms with van der Waals surface area (Å²) in [7, 11) is 0. The van der Waals surface area contributed by atoms with Gasteiger partial charge < -0.3 is 16.4 Å². The minimum atomic E-state index is -0.782. The van der Waals surface area contributed by atoms with E-state index >= 15 is 0 Å². The van der Waals surface area contributed by atoms with Gasteiger partial charge in [-0.1, -0.05) is 0 Å². The highest BCUT2D eigenvalue weighted by atomic mass is 16.2. The van der Waals surface area contributed by atoms with Crippen molar-refractivity contribution in [3.8, 4) is 0 Å². The fraction of sp³-hybridized carbons (Fsp3) is 0.462. The highest BCUT2D eigenvalue weighted by Gasteiger charge is 2.26. The van der Waals surface area contributed by atoms with Crippen LogP contribution in [0.3, 0.4) is 0 Å². The zero-order valence-corrected chi connectivity index (χ0v) is 11.5. The van der Waals surface area contributed by atoms with Crippen molar-refractivity contribution in [2.75, 3.05) is 18.4 Å². The molecule has 0 unspecified atom stereocenters. The third kappa shape index (κ3) is 3.94. The lowest BCUT2D eigenvalue weighted by molar-refractivity contribution is -0.125. The molecule has 19 heavy (non-hydrogen) atoms. The number of nitrogens with one attached hydrogen (secondary N) is 2. The van der Waals surface area contributed by atoms with E-state index in [2.05, 4.69) is 15.6 Å². The number of pyridine rings is 1. The van der Waals surface area contributed by atoms with Crippen LogP contribution in [0.2, 0.25) is 0 Å². The molecule has 0 atom stereocenters. The average molecular weight is 264 g/mol. The second kappa shape index (κ2) is 6.17. The molecular formula is C13H20N4O2. The van der Waals surface area contributed by atoms with E-state index in [0.717, 1.165) is 0 Å². The van der Waals surface area contributed by atoms with Gasteiger partial charge in [-0.05, 0) is 26.8 Å². The molecular weight excluding hydrogens is 244 g/mol. The van der Waals surface area contributed by atoms with Crippen LogP contribution in [0.1, 0.15) is 31.1 Å². The monoisotopic (exact) mass is 264 g/mol. The number of aromatic nitrogens is 1. The Morgan fingerprint density at radius 3 is 2.68 bits per heavy atom. The number of primary amides is 1. The molecule has 0 aliphatic carbocycles. The fourth-order valence-corrected chi connectivity index (χ4v) is 1.40. The second-order valence-corrected chi connectivity index (χ2v) is 4.88. The van der Waals surface area contributed by atoms with Crippen LogP contribution < -0.4 is 16.4 Å². The lowest BCUT2D eigenvalue weighted by Crippen LogP contribution is -2.42. The smallest absolute Gasteiger partial charge is 0.254 e. The van der Waals surface area contributed by atoms with Gasteiger partial charge in [-0.15, -0.1) is 0 Å². The van der Waals surface area contributed by atoms with Crippen molar-refractivity contribution in [2.45, 2.75) is 20.8 Å². The number of hydrogen-bond acceptors (Lipinski definition) is 4. The minimum Gasteiger partial charge on any atom is -0.385 e. The van der Waals surface area contributed by atoms with E-state index in [1.54, 1.807) is 26.1 Å². The van der Waals surface area contributed by atoms with Crippen molar-refractivity contribution in [3.63, 3.8) is 0 Å². The number of nitrogens with zero attached hydrogens (tertiary/aromatic N) is 1. The van der Waals surface area contributed by atoms with Crippen molar-refractivity contribution in [2.24, 2.45) is 11.1 Å². The summed E-state index contributed by atoms with van der Waals surface area (Å²) in [5.41, 5.74) is 5.64. The molecule has 0 saturated carbocycles. The van der Waals surface area contributed by atoms with E-state index in [0.29, 0.717) is 17.8 Å². The number of anilines is 1. The standard InChI is InChI=1S/C13H20N4O2/c1-4-16-10-5-6-15-7-9(10)11(18)17-8-13(2,3)12(14)19/h5-7H,4,8H2,1-3H3,(H2,14,19)(H,15,16)(H,17,18). The lowest BCUT2D eigenvalue weighted by Gasteiger charge is -2.21. The zero-order chi connectivity index (χ0) is 14.5. The van der Waals surface area contributed by atoms with Crippen LogP contribution in [0.15, 0.2) is 18.5 Å². The molecule has 0 aromatic carbocycles. The summed E-state index contributed by atoms with van der Waals surface area (Å²) in [5, 5.41) is 5.78. The summed E-state index contributed by atoms with van der Waals surface area (Å²) in [6.45, 7) is 6.20. The number of rotatable bonds is 6. The van der Waals surface area contributed by atoms with Crippen molar-refractivity contribution in [1.82, 2.24) is 10.3 Å². The molecule has 2 amide bonds. The molecule has 0 bridgehead atoms. The number of nitrogens with two attached hydrogens (primary N) is 1. The van der Waals surface area contributed by atoms with Gasteiger partial charge in [0, 0.05) is 25.5 Å². The Balaban J connectivity index is 2.76. The molecule has 0 saturated heterocycles. The van der Waals surface area contributed by atoms with Crippen LogP contribution in [0.5, 0.6) is 0 Å². The highest BCUT2D eigenvalue weighted by molar-refractivity contribution is 5.99. The molecule has 0 aliphatic heterocycles. The maximum absolute atomic E-state index is 12.1. The van der Waals surface area contributed by atoms with Crippen molar-refractivity contribution in [3.05, 3.63) is 24.0 Å². The molecule has 0 aliphatic rings. The Bertz CT molecular complexity index is 471. The summed E-state index contributed by atoms with van der Waals surface area (Å²) in [5.74, 6) is -0.732. The summed E-state index contributed by atoms with van der Waals surface area (Å²) in [6, 6.07) is 1.73. The number of carbonyl (C=O) groups is 2. The van der Waals surface area contributed by atoms with Crippen LogP contribution >= 0.6 is 0 Å². The Morgan fingerprint density at radius 2 is 2.11 bits per heavy atom. The normalized spacial score (nSPS) is 10.9. The number of hydrogen-bond donors (Lipinski definition) is 3. The van der Waals surface area contributed by atoms with E-state index in [4.69, 9.17) is 5.73 Å². The van der Waals surface area contributed by atoms with Gasteiger partial charge in [-0.25, -0.2) is 0 Å². The summed E-state index contributed by atoms with van der Waals surface area (Å²) >= 11 is 0. The maximum Gasteiger partial charge on any atom is 0.254 e. The molecule has 6 nitrogen and oxygen atoms in total. The Hall–Kier alpha value is -2.11. The zero-order valence-electron chi connectivity index (χ0n) is 11.5. The van der Waals surface area contributed by atoms with E-state index in [9.17, 15) is 9.59 Å². The average Bonchev–Trinajstić information content (AvgIpc) is 2.37. The van der Waals surface area contributed by atoms with Crippen molar-refractivity contribution >= 4 is 17.5 Å². The minimum absolute atomic E-state index is 0.182. The highest BCUT2D eigenvalue weighted by Crippen LogP contribution is 2.15. The van der Waals surface area contributed by atoms with Crippen LogP contribution in [0, 0.1) is 5.41 Å². The van der Waals surface area contributed by atoms with Gasteiger partial charge >= 0.3 is 0 Å². The molecule has 0 fully saturated rings. The SMILES string of the molecule is CCNc1ccncc1C(=O)NCC(C)(C)C(N)=O. The quantitative estimate of drug-likeness (QED) is 0.706. The third-order valence-corrected chi connectivity index (χ3v) is 2.79. The van der Waals surface area contributed by atoms with Gasteiger partial charge in [0.1, 0.15) is 0 Å². The predicted molar refractivity (Wildman–Crippen MR) is 73.7 cm³/mol. The Morgan fingerprint density at radius 1 is 1.42 bits per heavy atom. The van der Waals surface area contributed by atoms with E-state index < -0.39 is 11.3 Å². The van der Waals surface area contributed by atoms with E-state index in [-0.39, 0.29) is 12.5 Å². The van der Waals surface area contributed by atoms with Gasteiger partial charge in [0.05, 0.1) is 16.7 Å². The third-order valence-electron chi connectivity index (χ3n) is 2.79. The first-order chi connectivity index (χ1) is 8.88. The predicted octanol–water partition coefficient (Wildman–Crippen LogP) is 0.755. The first-order valence-corrected chi connectivity index (χ1v) is 6.14. The van der Waals surface area contributed by atoms with Crippen LogP contribution in [-0.2, 0) is 4.79 Å². The maximum atomic E-state index is 12.1. The molecule has 1 rings (SSSR count). The van der Waals surface area contributed by atoms with Crippen molar-refractivity contribution < 1.29 is 9.59 Å². The van der Waals surface area contributed by atoms with Gasteiger partial charge in [0.15, 0.2) is 0 Å². The molecule has 104 valence electrons. The van der Waals surface area contributed by atoms with E-state index in [1.165, 1.54) is 6.20 Å². The topological polar surface area (TPSA) is 97.1 Å². The fourth-order valence-electron chi connectivity index (χ4n) is 1.40. The molecule has 0 radical (unpaired) electrons. The van der Waals surface area contributed by atoms with Gasteiger partial charge in [-0.3, -0.25) is 14.6 Å². The van der Waals surface area contributed by atoms with Gasteiger partial charge in [0.25, 0.3) is 5.91 Å². The van der Waals surface area contributed by atoms with Gasteiger partial charge in [-0.2, -0.15) is 0 Å². The molecule has 1 aromatic rings. The molecule has 6 heteroatoms. The number of carbonyl (C=O) groups excluding carboxylic acids is 2. The molecule has 4 N–H and O–H groups in total. The van der Waals surface area contributed by atoms with Crippen LogP contribution in [-0.4, -0.2) is 29.9 Å². The van der Waals surface area contributed by atoms with Crippen molar-refractivity contribution in [1.29, 1.82) is 0 Å². The van der Waals surface area contributed by atoms with Crippen LogP contribution in [0.4, 0.5) is 5.69 Å². The second-order valence-electron chi connectivity index (χ2n) is 4.88. The lowest BCUT2D eigenvalue weighted by atomic mass is 9.92. The first-order valence-electron chi connectivity index (χ1n) is 6.14. The largest absolute Gasteiger partial charge is 0.385 e. The van der Waals surface area contributed by atoms with Gasteiger partial charge in [0.2, 0.25) is 5.91 Å². The molecule has 0 spiro atoms. The summed E-state index contributed by atoms with van der Waals surface area (Å²) < 4.78 is 0. The summed E-state index contributed by atoms with van der Waals surface area (Å²) in [4.78, 5) is 27.2. The van der Waals surface area contributed by atoms with E-state index in [1.807, 2.05) is 6.92 Å². The first kappa shape index (κ1) is 14.9. The molecule has 1 aromatic heterocycles. The Kier molecular flexibility index (Phi) is 4.86.